The number of hydrogen-bond acceptors (Lipinski definition) is 2. The zero-order valence-corrected chi connectivity index (χ0v) is 7.41. The fourth-order valence-electron chi connectivity index (χ4n) is 1.12. The highest BCUT2D eigenvalue weighted by molar-refractivity contribution is 8.11. The van der Waals surface area contributed by atoms with Gasteiger partial charge in [-0.2, -0.15) is 12.7 Å². The Balaban J connectivity index is 2.55. The Bertz CT molecular complexity index is 231. The van der Waals surface area contributed by atoms with E-state index in [4.69, 9.17) is 10.7 Å². The van der Waals surface area contributed by atoms with Gasteiger partial charge in [0.1, 0.15) is 0 Å². The van der Waals surface area contributed by atoms with Crippen molar-refractivity contribution in [2.24, 2.45) is 5.92 Å². The molecule has 0 aliphatic carbocycles. The molecule has 1 unspecified atom stereocenters. The average molecular weight is 202 g/mol. The summed E-state index contributed by atoms with van der Waals surface area (Å²) in [6, 6.07) is 0. The molecule has 11 heavy (non-hydrogen) atoms. The molecule has 0 aromatic carbocycles. The van der Waals surface area contributed by atoms with E-state index in [1.807, 2.05) is 0 Å². The van der Waals surface area contributed by atoms with Crippen LogP contribution in [0, 0.1) is 5.92 Å². The summed E-state index contributed by atoms with van der Waals surface area (Å²) in [5.41, 5.74) is 0. The first kappa shape index (κ1) is 9.22. The Morgan fingerprint density at radius 2 is 2.27 bits per heavy atom. The van der Waals surface area contributed by atoms with Crippen LogP contribution >= 0.6 is 10.7 Å². The van der Waals surface area contributed by atoms with Gasteiger partial charge in [-0.25, -0.2) is 0 Å². The molecule has 0 saturated carbocycles. The van der Waals surface area contributed by atoms with Crippen molar-refractivity contribution in [2.45, 2.75) is 6.42 Å². The summed E-state index contributed by atoms with van der Waals surface area (Å²) in [6.07, 6.45) is 0.572. The van der Waals surface area contributed by atoms with Crippen LogP contribution in [0.5, 0.6) is 0 Å². The smallest absolute Gasteiger partial charge is 0.251 e. The molecule has 0 aromatic rings. The van der Waals surface area contributed by atoms with Crippen molar-refractivity contribution in [2.75, 3.05) is 19.8 Å². The number of alkyl halides is 1. The minimum absolute atomic E-state index is 0.163. The Hall–Kier alpha value is 0.130. The maximum atomic E-state index is 12.0. The van der Waals surface area contributed by atoms with Crippen LogP contribution in [0.2, 0.25) is 0 Å². The number of nitrogens with zero attached hydrogens (tertiary/aromatic N) is 1. The largest absolute Gasteiger partial charge is 0.299 e. The first-order valence-corrected chi connectivity index (χ1v) is 5.56. The van der Waals surface area contributed by atoms with E-state index < -0.39 is 15.9 Å². The summed E-state index contributed by atoms with van der Waals surface area (Å²) in [5, 5.41) is 0. The lowest BCUT2D eigenvalue weighted by Crippen LogP contribution is -2.24. The van der Waals surface area contributed by atoms with Crippen molar-refractivity contribution in [3.05, 3.63) is 0 Å². The van der Waals surface area contributed by atoms with Crippen LogP contribution < -0.4 is 0 Å². The Labute approximate surface area is 69.7 Å². The third kappa shape index (κ3) is 2.28. The molecule has 1 rings (SSSR count). The summed E-state index contributed by atoms with van der Waals surface area (Å²) in [7, 11) is 1.43. The molecule has 0 spiro atoms. The molecule has 1 aliphatic heterocycles. The van der Waals surface area contributed by atoms with Crippen molar-refractivity contribution in [3.8, 4) is 0 Å². The molecule has 1 fully saturated rings. The molecule has 1 atom stereocenters. The van der Waals surface area contributed by atoms with E-state index in [1.54, 1.807) is 0 Å². The van der Waals surface area contributed by atoms with Gasteiger partial charge in [0.2, 0.25) is 0 Å². The zero-order valence-electron chi connectivity index (χ0n) is 5.83. The Morgan fingerprint density at radius 1 is 1.64 bits per heavy atom. The SMILES string of the molecule is O=S(=O)(Cl)N1CCC(CF)C1. The fourth-order valence-corrected chi connectivity index (χ4v) is 2.21. The highest BCUT2D eigenvalue weighted by Crippen LogP contribution is 2.21. The first-order chi connectivity index (χ1) is 5.04. The second-order valence-corrected chi connectivity index (χ2v) is 5.12. The van der Waals surface area contributed by atoms with Crippen molar-refractivity contribution in [1.29, 1.82) is 0 Å². The van der Waals surface area contributed by atoms with Gasteiger partial charge >= 0.3 is 0 Å². The van der Waals surface area contributed by atoms with Gasteiger partial charge < -0.3 is 0 Å². The lowest BCUT2D eigenvalue weighted by molar-refractivity contribution is 0.368. The summed E-state index contributed by atoms with van der Waals surface area (Å²) < 4.78 is 34.4. The van der Waals surface area contributed by atoms with E-state index in [2.05, 4.69) is 0 Å². The van der Waals surface area contributed by atoms with Crippen molar-refractivity contribution in [3.63, 3.8) is 0 Å². The zero-order chi connectivity index (χ0) is 8.48. The van der Waals surface area contributed by atoms with E-state index in [0.717, 1.165) is 4.31 Å². The van der Waals surface area contributed by atoms with Crippen molar-refractivity contribution < 1.29 is 12.8 Å². The maximum absolute atomic E-state index is 12.0. The molecule has 0 bridgehead atoms. The van der Waals surface area contributed by atoms with Crippen LogP contribution in [0.4, 0.5) is 4.39 Å². The standard InChI is InChI=1S/C5H9ClFNO2S/c6-11(9,10)8-2-1-5(3-7)4-8/h5H,1-4H2. The van der Waals surface area contributed by atoms with Gasteiger partial charge in [0.05, 0.1) is 6.67 Å². The van der Waals surface area contributed by atoms with Crippen LogP contribution in [0.25, 0.3) is 0 Å². The number of rotatable bonds is 2. The first-order valence-electron chi connectivity index (χ1n) is 3.29. The topological polar surface area (TPSA) is 37.4 Å². The van der Waals surface area contributed by atoms with Gasteiger partial charge in [0, 0.05) is 29.7 Å². The fraction of sp³-hybridized carbons (Fsp3) is 1.00. The number of hydrogen-bond donors (Lipinski definition) is 0. The third-order valence-corrected chi connectivity index (χ3v) is 3.31. The quantitative estimate of drug-likeness (QED) is 0.619. The number of halogens is 2. The minimum atomic E-state index is -3.61. The predicted molar refractivity (Wildman–Crippen MR) is 40.4 cm³/mol. The lowest BCUT2D eigenvalue weighted by Gasteiger charge is -2.08. The summed E-state index contributed by atoms with van der Waals surface area (Å²) in [4.78, 5) is 0. The van der Waals surface area contributed by atoms with Gasteiger partial charge in [0.25, 0.3) is 9.24 Å². The molecule has 0 amide bonds. The van der Waals surface area contributed by atoms with Gasteiger partial charge in [-0.05, 0) is 6.42 Å². The van der Waals surface area contributed by atoms with E-state index in [0.29, 0.717) is 13.0 Å². The van der Waals surface area contributed by atoms with E-state index >= 15 is 0 Å². The second kappa shape index (κ2) is 3.25. The normalized spacial score (nSPS) is 27.6. The second-order valence-electron chi connectivity index (χ2n) is 2.61. The van der Waals surface area contributed by atoms with Gasteiger partial charge in [-0.3, -0.25) is 4.39 Å². The molecule has 1 saturated heterocycles. The highest BCUT2D eigenvalue weighted by Gasteiger charge is 2.29. The predicted octanol–water partition coefficient (Wildman–Crippen LogP) is 0.761. The summed E-state index contributed by atoms with van der Waals surface area (Å²) >= 11 is 0. The molecule has 0 aromatic heterocycles. The van der Waals surface area contributed by atoms with Gasteiger partial charge in [0.15, 0.2) is 0 Å². The van der Waals surface area contributed by atoms with Crippen LogP contribution in [0.1, 0.15) is 6.42 Å². The average Bonchev–Trinajstić information content (AvgIpc) is 2.32. The maximum Gasteiger partial charge on any atom is 0.299 e. The van der Waals surface area contributed by atoms with Gasteiger partial charge in [-0.1, -0.05) is 0 Å². The highest BCUT2D eigenvalue weighted by atomic mass is 35.7. The van der Waals surface area contributed by atoms with Crippen molar-refractivity contribution in [1.82, 2.24) is 4.31 Å². The Kier molecular flexibility index (Phi) is 2.72. The molecule has 0 N–H and O–H groups in total. The molecule has 1 heterocycles. The molecule has 1 aliphatic rings. The molecule has 66 valence electrons. The van der Waals surface area contributed by atoms with Crippen molar-refractivity contribution >= 4 is 19.9 Å². The summed E-state index contributed by atoms with van der Waals surface area (Å²) in [6.45, 7) is 0.103. The minimum Gasteiger partial charge on any atom is -0.251 e. The molecular weight excluding hydrogens is 193 g/mol. The lowest BCUT2D eigenvalue weighted by atomic mass is 10.1. The van der Waals surface area contributed by atoms with Crippen LogP contribution in [0.3, 0.4) is 0 Å². The van der Waals surface area contributed by atoms with Crippen LogP contribution in [-0.4, -0.2) is 32.5 Å². The Morgan fingerprint density at radius 3 is 2.55 bits per heavy atom. The molecular formula is C5H9ClFNO2S. The van der Waals surface area contributed by atoms with Crippen LogP contribution in [-0.2, 0) is 9.24 Å². The molecule has 3 nitrogen and oxygen atoms in total. The van der Waals surface area contributed by atoms with Gasteiger partial charge in [-0.15, -0.1) is 0 Å². The summed E-state index contributed by atoms with van der Waals surface area (Å²) in [5.74, 6) is -0.163. The molecule has 6 heteroatoms. The third-order valence-electron chi connectivity index (χ3n) is 1.78. The van der Waals surface area contributed by atoms with E-state index in [9.17, 15) is 12.8 Å². The molecule has 0 radical (unpaired) electrons. The monoisotopic (exact) mass is 201 g/mol. The van der Waals surface area contributed by atoms with E-state index in [-0.39, 0.29) is 12.5 Å². The van der Waals surface area contributed by atoms with E-state index in [1.165, 1.54) is 0 Å². The van der Waals surface area contributed by atoms with Crippen LogP contribution in [0.15, 0.2) is 0 Å².